The summed E-state index contributed by atoms with van der Waals surface area (Å²) in [5.74, 6) is 0.0644. The molecule has 1 rings (SSSR count). The van der Waals surface area contributed by atoms with E-state index in [-0.39, 0.29) is 5.78 Å². The van der Waals surface area contributed by atoms with Crippen LogP contribution in [0.25, 0.3) is 0 Å². The molecule has 0 unspecified atom stereocenters. The van der Waals surface area contributed by atoms with E-state index in [1.165, 1.54) is 6.92 Å². The number of nitrogens with two attached hydrogens (primary N) is 1. The fourth-order valence-corrected chi connectivity index (χ4v) is 1.07. The van der Waals surface area contributed by atoms with Crippen LogP contribution in [0.3, 0.4) is 0 Å². The maximum atomic E-state index is 10.6. The highest BCUT2D eigenvalue weighted by Gasteiger charge is 1.93. The smallest absolute Gasteiger partial charge is 0.152 e. The van der Waals surface area contributed by atoms with Crippen molar-refractivity contribution >= 4 is 11.5 Å². The van der Waals surface area contributed by atoms with Gasteiger partial charge in [-0.1, -0.05) is 24.3 Å². The maximum absolute atomic E-state index is 10.6. The molecule has 13 heavy (non-hydrogen) atoms. The van der Waals surface area contributed by atoms with E-state index in [0.29, 0.717) is 6.42 Å². The summed E-state index contributed by atoms with van der Waals surface area (Å²) in [6, 6.07) is 7.65. The molecule has 1 aromatic carbocycles. The van der Waals surface area contributed by atoms with Crippen molar-refractivity contribution < 1.29 is 4.79 Å². The van der Waals surface area contributed by atoms with E-state index in [1.807, 2.05) is 30.3 Å². The van der Waals surface area contributed by atoms with E-state index in [0.717, 1.165) is 11.3 Å². The van der Waals surface area contributed by atoms with E-state index in [9.17, 15) is 4.79 Å². The van der Waals surface area contributed by atoms with E-state index in [2.05, 4.69) is 0 Å². The van der Waals surface area contributed by atoms with Crippen LogP contribution in [0.1, 0.15) is 12.5 Å². The fraction of sp³-hybridized carbons (Fsp3) is 0.182. The number of nitrogen functional groups attached to an aromatic ring is 1. The Hall–Kier alpha value is -1.57. The highest BCUT2D eigenvalue weighted by atomic mass is 16.1. The van der Waals surface area contributed by atoms with E-state index >= 15 is 0 Å². The summed E-state index contributed by atoms with van der Waals surface area (Å²) in [6.07, 6.45) is 4.10. The number of hydrogen-bond acceptors (Lipinski definition) is 2. The largest absolute Gasteiger partial charge is 0.398 e. The Morgan fingerprint density at radius 1 is 1.46 bits per heavy atom. The Kier molecular flexibility index (Phi) is 3.26. The first-order valence-corrected chi connectivity index (χ1v) is 4.20. The Bertz CT molecular complexity index is 329. The highest BCUT2D eigenvalue weighted by Crippen LogP contribution is 2.11. The Morgan fingerprint density at radius 3 is 2.77 bits per heavy atom. The van der Waals surface area contributed by atoms with Gasteiger partial charge in [0.2, 0.25) is 0 Å². The first-order valence-electron chi connectivity index (χ1n) is 4.20. The minimum Gasteiger partial charge on any atom is -0.398 e. The molecule has 0 bridgehead atoms. The van der Waals surface area contributed by atoms with Crippen molar-refractivity contribution in [1.29, 1.82) is 0 Å². The fourth-order valence-electron chi connectivity index (χ4n) is 1.07. The van der Waals surface area contributed by atoms with Crippen molar-refractivity contribution in [2.75, 3.05) is 5.73 Å². The van der Waals surface area contributed by atoms with Gasteiger partial charge in [0.1, 0.15) is 0 Å². The summed E-state index contributed by atoms with van der Waals surface area (Å²) in [5, 5.41) is 0. The molecule has 0 atom stereocenters. The van der Waals surface area contributed by atoms with E-state index in [1.54, 1.807) is 6.08 Å². The minimum atomic E-state index is 0.0644. The summed E-state index contributed by atoms with van der Waals surface area (Å²) in [7, 11) is 0. The molecule has 0 saturated carbocycles. The van der Waals surface area contributed by atoms with Gasteiger partial charge < -0.3 is 5.73 Å². The van der Waals surface area contributed by atoms with Gasteiger partial charge in [-0.15, -0.1) is 0 Å². The molecule has 1 aromatic rings. The summed E-state index contributed by atoms with van der Waals surface area (Å²) < 4.78 is 0. The van der Waals surface area contributed by atoms with Gasteiger partial charge in [-0.25, -0.2) is 0 Å². The third-order valence-corrected chi connectivity index (χ3v) is 1.75. The van der Waals surface area contributed by atoms with Crippen LogP contribution in [-0.4, -0.2) is 5.78 Å². The summed E-state index contributed by atoms with van der Waals surface area (Å²) >= 11 is 0. The zero-order valence-corrected chi connectivity index (χ0v) is 7.66. The van der Waals surface area contributed by atoms with Crippen LogP contribution in [0.5, 0.6) is 0 Å². The van der Waals surface area contributed by atoms with Gasteiger partial charge in [-0.05, 0) is 31.1 Å². The number of benzene rings is 1. The highest BCUT2D eigenvalue weighted by molar-refractivity contribution is 5.87. The van der Waals surface area contributed by atoms with Gasteiger partial charge in [-0.2, -0.15) is 0 Å². The SMILES string of the molecule is CC(=O)C=CCc1ccccc1N. The van der Waals surface area contributed by atoms with Crippen LogP contribution in [0, 0.1) is 0 Å². The molecule has 2 heteroatoms. The van der Waals surface area contributed by atoms with Crippen molar-refractivity contribution in [3.8, 4) is 0 Å². The van der Waals surface area contributed by atoms with Gasteiger partial charge in [0, 0.05) is 5.69 Å². The molecular weight excluding hydrogens is 162 g/mol. The first-order chi connectivity index (χ1) is 6.20. The van der Waals surface area contributed by atoms with Gasteiger partial charge in [0.05, 0.1) is 0 Å². The topological polar surface area (TPSA) is 43.1 Å². The molecule has 0 saturated heterocycles. The number of carbonyl (C=O) groups is 1. The molecule has 0 aromatic heterocycles. The zero-order valence-electron chi connectivity index (χ0n) is 7.66. The number of anilines is 1. The molecule has 0 amide bonds. The van der Waals surface area contributed by atoms with Crippen molar-refractivity contribution in [3.63, 3.8) is 0 Å². The lowest BCUT2D eigenvalue weighted by molar-refractivity contribution is -0.112. The Labute approximate surface area is 78.1 Å². The number of para-hydroxylation sites is 1. The molecular formula is C11H13NO. The van der Waals surface area contributed by atoms with Crippen molar-refractivity contribution in [2.24, 2.45) is 0 Å². The molecule has 68 valence electrons. The van der Waals surface area contributed by atoms with Crippen LogP contribution in [0.15, 0.2) is 36.4 Å². The lowest BCUT2D eigenvalue weighted by atomic mass is 10.1. The predicted octanol–water partition coefficient (Wildman–Crippen LogP) is 1.96. The average molecular weight is 175 g/mol. The summed E-state index contributed by atoms with van der Waals surface area (Å²) in [6.45, 7) is 1.53. The normalized spacial score (nSPS) is 10.5. The summed E-state index contributed by atoms with van der Waals surface area (Å²) in [4.78, 5) is 10.6. The number of rotatable bonds is 3. The summed E-state index contributed by atoms with van der Waals surface area (Å²) in [5.41, 5.74) is 7.55. The van der Waals surface area contributed by atoms with E-state index < -0.39 is 0 Å². The molecule has 0 fully saturated rings. The first kappa shape index (κ1) is 9.52. The molecule has 2 N–H and O–H groups in total. The van der Waals surface area contributed by atoms with Gasteiger partial charge >= 0.3 is 0 Å². The molecule has 0 spiro atoms. The van der Waals surface area contributed by atoms with Gasteiger partial charge in [0.15, 0.2) is 5.78 Å². The van der Waals surface area contributed by atoms with Crippen molar-refractivity contribution in [1.82, 2.24) is 0 Å². The number of ketones is 1. The zero-order chi connectivity index (χ0) is 9.68. The second-order valence-corrected chi connectivity index (χ2v) is 2.92. The number of allylic oxidation sites excluding steroid dienone is 2. The minimum absolute atomic E-state index is 0.0644. The van der Waals surface area contributed by atoms with Crippen molar-refractivity contribution in [2.45, 2.75) is 13.3 Å². The Morgan fingerprint density at radius 2 is 2.15 bits per heavy atom. The van der Waals surface area contributed by atoms with Crippen LogP contribution in [0.4, 0.5) is 5.69 Å². The van der Waals surface area contributed by atoms with Crippen LogP contribution in [0.2, 0.25) is 0 Å². The van der Waals surface area contributed by atoms with Gasteiger partial charge in [0.25, 0.3) is 0 Å². The molecule has 0 heterocycles. The monoisotopic (exact) mass is 175 g/mol. The second kappa shape index (κ2) is 4.45. The average Bonchev–Trinajstić information content (AvgIpc) is 2.08. The standard InChI is InChI=1S/C11H13NO/c1-9(13)5-4-7-10-6-2-3-8-11(10)12/h2-6,8H,7,12H2,1H3. The molecule has 0 aliphatic heterocycles. The lowest BCUT2D eigenvalue weighted by Gasteiger charge is -2.00. The van der Waals surface area contributed by atoms with Crippen molar-refractivity contribution in [3.05, 3.63) is 42.0 Å². The van der Waals surface area contributed by atoms with Crippen LogP contribution < -0.4 is 5.73 Å². The predicted molar refractivity (Wildman–Crippen MR) is 54.4 cm³/mol. The third kappa shape index (κ3) is 3.11. The third-order valence-electron chi connectivity index (χ3n) is 1.75. The molecule has 2 nitrogen and oxygen atoms in total. The second-order valence-electron chi connectivity index (χ2n) is 2.92. The van der Waals surface area contributed by atoms with Crippen LogP contribution in [-0.2, 0) is 11.2 Å². The van der Waals surface area contributed by atoms with Gasteiger partial charge in [-0.3, -0.25) is 4.79 Å². The molecule has 0 aliphatic rings. The molecule has 0 radical (unpaired) electrons. The van der Waals surface area contributed by atoms with E-state index in [4.69, 9.17) is 5.73 Å². The lowest BCUT2D eigenvalue weighted by Crippen LogP contribution is -1.92. The van der Waals surface area contributed by atoms with Crippen LogP contribution >= 0.6 is 0 Å². The number of hydrogen-bond donors (Lipinski definition) is 1. The number of carbonyl (C=O) groups excluding carboxylic acids is 1. The molecule has 0 aliphatic carbocycles. The quantitative estimate of drug-likeness (QED) is 0.563. The Balaban J connectivity index is 2.64. The maximum Gasteiger partial charge on any atom is 0.152 e.